The fraction of sp³-hybridized carbons (Fsp3) is 0.350. The van der Waals surface area contributed by atoms with Crippen molar-refractivity contribution in [3.63, 3.8) is 0 Å². The Kier molecular flexibility index (Phi) is 6.44. The van der Waals surface area contributed by atoms with E-state index in [2.05, 4.69) is 29.1 Å². The lowest BCUT2D eigenvalue weighted by atomic mass is 10.1. The molecule has 2 heterocycles. The van der Waals surface area contributed by atoms with Crippen LogP contribution in [0.3, 0.4) is 0 Å². The molecule has 1 unspecified atom stereocenters. The summed E-state index contributed by atoms with van der Waals surface area (Å²) in [5, 5.41) is 3.26. The first kappa shape index (κ1) is 19.6. The SMILES string of the molecule is CCCCC(C)CNc1nc2ccc(Oc3ccnc(C(=O)NN)c3)cc2o1. The van der Waals surface area contributed by atoms with E-state index in [0.29, 0.717) is 29.0 Å². The van der Waals surface area contributed by atoms with E-state index in [-0.39, 0.29) is 5.69 Å². The second-order valence-electron chi connectivity index (χ2n) is 6.73. The van der Waals surface area contributed by atoms with Crippen molar-refractivity contribution in [1.29, 1.82) is 0 Å². The van der Waals surface area contributed by atoms with Crippen LogP contribution in [0.5, 0.6) is 11.5 Å². The summed E-state index contributed by atoms with van der Waals surface area (Å²) in [5.74, 6) is 6.24. The summed E-state index contributed by atoms with van der Waals surface area (Å²) in [6.45, 7) is 5.23. The monoisotopic (exact) mass is 383 g/mol. The minimum Gasteiger partial charge on any atom is -0.457 e. The van der Waals surface area contributed by atoms with E-state index in [1.54, 1.807) is 18.2 Å². The van der Waals surface area contributed by atoms with E-state index < -0.39 is 5.91 Å². The van der Waals surface area contributed by atoms with E-state index in [1.165, 1.54) is 31.5 Å². The van der Waals surface area contributed by atoms with Crippen molar-refractivity contribution in [2.45, 2.75) is 33.1 Å². The number of hydrogen-bond acceptors (Lipinski definition) is 7. The second-order valence-corrected chi connectivity index (χ2v) is 6.73. The fourth-order valence-electron chi connectivity index (χ4n) is 2.77. The second kappa shape index (κ2) is 9.18. The van der Waals surface area contributed by atoms with Crippen molar-refractivity contribution in [3.8, 4) is 11.5 Å². The topological polar surface area (TPSA) is 115 Å². The van der Waals surface area contributed by atoms with Gasteiger partial charge in [0.1, 0.15) is 22.7 Å². The number of benzene rings is 1. The number of amides is 1. The summed E-state index contributed by atoms with van der Waals surface area (Å²) < 4.78 is 11.6. The highest BCUT2D eigenvalue weighted by Gasteiger charge is 2.10. The predicted molar refractivity (Wildman–Crippen MR) is 107 cm³/mol. The number of nitrogens with zero attached hydrogens (tertiary/aromatic N) is 2. The number of nitrogen functional groups attached to an aromatic ring is 1. The Morgan fingerprint density at radius 1 is 1.29 bits per heavy atom. The van der Waals surface area contributed by atoms with Gasteiger partial charge >= 0.3 is 0 Å². The number of fused-ring (bicyclic) bond motifs is 1. The van der Waals surface area contributed by atoms with Gasteiger partial charge < -0.3 is 14.5 Å². The van der Waals surface area contributed by atoms with Crippen LogP contribution in [0.2, 0.25) is 0 Å². The van der Waals surface area contributed by atoms with Gasteiger partial charge in [0.25, 0.3) is 11.9 Å². The molecule has 1 amide bonds. The molecule has 1 atom stereocenters. The number of nitrogens with two attached hydrogens (primary N) is 1. The first-order chi connectivity index (χ1) is 13.6. The molecule has 0 aliphatic heterocycles. The summed E-state index contributed by atoms with van der Waals surface area (Å²) in [6, 6.07) is 9.05. The van der Waals surface area contributed by atoms with E-state index >= 15 is 0 Å². The van der Waals surface area contributed by atoms with Gasteiger partial charge in [-0.25, -0.2) is 5.84 Å². The molecule has 0 bridgehead atoms. The predicted octanol–water partition coefficient (Wildman–Crippen LogP) is 3.86. The average Bonchev–Trinajstić information content (AvgIpc) is 3.12. The van der Waals surface area contributed by atoms with Gasteiger partial charge in [-0.3, -0.25) is 15.2 Å². The molecule has 1 aromatic carbocycles. The van der Waals surface area contributed by atoms with Crippen molar-refractivity contribution < 1.29 is 13.9 Å². The molecule has 0 aliphatic rings. The van der Waals surface area contributed by atoms with Crippen molar-refractivity contribution in [2.75, 3.05) is 11.9 Å². The number of anilines is 1. The number of hydrogen-bond donors (Lipinski definition) is 3. The van der Waals surface area contributed by atoms with Gasteiger partial charge in [0, 0.05) is 24.9 Å². The minimum atomic E-state index is -0.486. The first-order valence-corrected chi connectivity index (χ1v) is 9.38. The van der Waals surface area contributed by atoms with E-state index in [1.807, 2.05) is 11.5 Å². The van der Waals surface area contributed by atoms with Crippen molar-refractivity contribution in [1.82, 2.24) is 15.4 Å². The van der Waals surface area contributed by atoms with Crippen LogP contribution < -0.4 is 21.3 Å². The molecule has 0 spiro atoms. The number of oxazole rings is 1. The Morgan fingerprint density at radius 3 is 2.89 bits per heavy atom. The number of ether oxygens (including phenoxy) is 1. The third-order valence-corrected chi connectivity index (χ3v) is 4.34. The maximum atomic E-state index is 11.6. The van der Waals surface area contributed by atoms with Crippen molar-refractivity contribution in [3.05, 3.63) is 42.2 Å². The highest BCUT2D eigenvalue weighted by atomic mass is 16.5. The van der Waals surface area contributed by atoms with Crippen LogP contribution in [0.15, 0.2) is 40.9 Å². The lowest BCUT2D eigenvalue weighted by Crippen LogP contribution is -2.30. The largest absolute Gasteiger partial charge is 0.457 e. The Labute approximate surface area is 163 Å². The Balaban J connectivity index is 1.68. The van der Waals surface area contributed by atoms with Crippen LogP contribution in [-0.4, -0.2) is 22.4 Å². The maximum absolute atomic E-state index is 11.6. The van der Waals surface area contributed by atoms with Gasteiger partial charge in [-0.2, -0.15) is 4.98 Å². The smallest absolute Gasteiger partial charge is 0.295 e. The van der Waals surface area contributed by atoms with Crippen LogP contribution in [0, 0.1) is 5.92 Å². The Bertz CT molecular complexity index is 940. The minimum absolute atomic E-state index is 0.171. The zero-order valence-electron chi connectivity index (χ0n) is 16.1. The summed E-state index contributed by atoms with van der Waals surface area (Å²) in [4.78, 5) is 20.0. The summed E-state index contributed by atoms with van der Waals surface area (Å²) in [7, 11) is 0. The molecular weight excluding hydrogens is 358 g/mol. The van der Waals surface area contributed by atoms with Gasteiger partial charge in [-0.05, 0) is 30.5 Å². The van der Waals surface area contributed by atoms with Crippen molar-refractivity contribution in [2.24, 2.45) is 11.8 Å². The molecule has 0 aliphatic carbocycles. The number of aromatic nitrogens is 2. The zero-order valence-corrected chi connectivity index (χ0v) is 16.1. The molecule has 0 radical (unpaired) electrons. The molecule has 3 rings (SSSR count). The Hall–Kier alpha value is -3.13. The van der Waals surface area contributed by atoms with E-state index in [4.69, 9.17) is 15.0 Å². The third-order valence-electron chi connectivity index (χ3n) is 4.34. The van der Waals surface area contributed by atoms with Crippen LogP contribution in [0.1, 0.15) is 43.6 Å². The molecule has 8 heteroatoms. The number of pyridine rings is 1. The molecule has 8 nitrogen and oxygen atoms in total. The van der Waals surface area contributed by atoms with Gasteiger partial charge in [-0.1, -0.05) is 26.7 Å². The van der Waals surface area contributed by atoms with Crippen LogP contribution in [0.4, 0.5) is 6.01 Å². The van der Waals surface area contributed by atoms with Crippen LogP contribution in [0.25, 0.3) is 11.1 Å². The molecule has 2 aromatic heterocycles. The molecular formula is C20H25N5O3. The Morgan fingerprint density at radius 2 is 2.11 bits per heavy atom. The number of unbranched alkanes of at least 4 members (excludes halogenated alkanes) is 1. The molecule has 148 valence electrons. The normalized spacial score (nSPS) is 12.0. The summed E-state index contributed by atoms with van der Waals surface area (Å²) >= 11 is 0. The number of carbonyl (C=O) groups excluding carboxylic acids is 1. The molecule has 28 heavy (non-hydrogen) atoms. The lowest BCUT2D eigenvalue weighted by molar-refractivity contribution is 0.0948. The van der Waals surface area contributed by atoms with Gasteiger partial charge in [0.15, 0.2) is 5.58 Å². The number of nitrogens with one attached hydrogen (secondary N) is 2. The zero-order chi connectivity index (χ0) is 19.9. The number of rotatable bonds is 9. The maximum Gasteiger partial charge on any atom is 0.295 e. The molecule has 0 saturated heterocycles. The van der Waals surface area contributed by atoms with E-state index in [0.717, 1.165) is 12.1 Å². The number of hydrazine groups is 1. The van der Waals surface area contributed by atoms with Crippen LogP contribution >= 0.6 is 0 Å². The summed E-state index contributed by atoms with van der Waals surface area (Å²) in [6.07, 6.45) is 5.08. The quantitative estimate of drug-likeness (QED) is 0.292. The average molecular weight is 383 g/mol. The van der Waals surface area contributed by atoms with Gasteiger partial charge in [0.2, 0.25) is 0 Å². The van der Waals surface area contributed by atoms with Crippen molar-refractivity contribution >= 4 is 23.0 Å². The van der Waals surface area contributed by atoms with Gasteiger partial charge in [0.05, 0.1) is 0 Å². The highest BCUT2D eigenvalue weighted by molar-refractivity contribution is 5.92. The van der Waals surface area contributed by atoms with Gasteiger partial charge in [-0.15, -0.1) is 0 Å². The van der Waals surface area contributed by atoms with Crippen LogP contribution in [-0.2, 0) is 0 Å². The fourth-order valence-corrected chi connectivity index (χ4v) is 2.77. The first-order valence-electron chi connectivity index (χ1n) is 9.38. The lowest BCUT2D eigenvalue weighted by Gasteiger charge is -2.10. The number of carbonyl (C=O) groups is 1. The van der Waals surface area contributed by atoms with E-state index in [9.17, 15) is 4.79 Å². The summed E-state index contributed by atoms with van der Waals surface area (Å²) in [5.41, 5.74) is 3.58. The molecule has 3 aromatic rings. The molecule has 4 N–H and O–H groups in total. The standard InChI is InChI=1S/C20H25N5O3/c1-3-4-5-13(2)12-23-20-24-16-7-6-14(11-18(16)28-20)27-15-8-9-22-17(10-15)19(26)25-21/h6-11,13H,3-5,12,21H2,1-2H3,(H,23,24)(H,25,26). The highest BCUT2D eigenvalue weighted by Crippen LogP contribution is 2.27. The third kappa shape index (κ3) is 4.98. The molecule has 0 saturated carbocycles. The molecule has 0 fully saturated rings.